The third-order valence-electron chi connectivity index (χ3n) is 3.65. The van der Waals surface area contributed by atoms with Crippen LogP contribution in [0.5, 0.6) is 11.5 Å². The molecule has 0 aliphatic heterocycles. The molecule has 0 amide bonds. The van der Waals surface area contributed by atoms with E-state index in [4.69, 9.17) is 14.2 Å². The first kappa shape index (κ1) is 21.4. The van der Waals surface area contributed by atoms with Gasteiger partial charge < -0.3 is 14.2 Å². The van der Waals surface area contributed by atoms with Crippen molar-refractivity contribution in [3.05, 3.63) is 62.1 Å². The second-order valence-corrected chi connectivity index (χ2v) is 6.50. The number of nitro benzene ring substituents is 1. The number of non-ortho nitro benzene ring substituents is 1. The van der Waals surface area contributed by atoms with E-state index in [0.29, 0.717) is 22.6 Å². The highest BCUT2D eigenvalue weighted by atomic mass is 79.9. The molecule has 0 atom stereocenters. The van der Waals surface area contributed by atoms with Crippen LogP contribution in [-0.2, 0) is 4.74 Å². The lowest BCUT2D eigenvalue weighted by Gasteiger charge is -2.13. The molecule has 0 unspecified atom stereocenters. The van der Waals surface area contributed by atoms with Crippen LogP contribution < -0.4 is 9.47 Å². The fourth-order valence-electron chi connectivity index (χ4n) is 2.25. The maximum absolute atomic E-state index is 12.3. The fraction of sp³-hybridized carbons (Fsp3) is 0.263. The molecule has 0 aliphatic rings. The SMILES string of the molecule is CCCOc1c(Br)cc(C(=O)OCC(=O)c2ccc([N+](=O)[O-])cc2)cc1OC. The topological polar surface area (TPSA) is 105 Å². The lowest BCUT2D eigenvalue weighted by Crippen LogP contribution is -2.14. The summed E-state index contributed by atoms with van der Waals surface area (Å²) in [5, 5.41) is 10.6. The Balaban J connectivity index is 2.07. The van der Waals surface area contributed by atoms with E-state index in [9.17, 15) is 19.7 Å². The van der Waals surface area contributed by atoms with Crippen LogP contribution in [0.1, 0.15) is 34.1 Å². The van der Waals surface area contributed by atoms with Crippen LogP contribution >= 0.6 is 15.9 Å². The van der Waals surface area contributed by atoms with Crippen LogP contribution in [0.25, 0.3) is 0 Å². The standard InChI is InChI=1S/C19H18BrNO7/c1-3-8-27-18-15(20)9-13(10-17(18)26-2)19(23)28-11-16(22)12-4-6-14(7-5-12)21(24)25/h4-7,9-10H,3,8,11H2,1-2H3. The molecule has 0 spiro atoms. The zero-order valence-corrected chi connectivity index (χ0v) is 16.9. The van der Waals surface area contributed by atoms with Gasteiger partial charge in [0, 0.05) is 17.7 Å². The molecule has 0 aromatic heterocycles. The van der Waals surface area contributed by atoms with Crippen LogP contribution in [-0.4, -0.2) is 37.0 Å². The zero-order chi connectivity index (χ0) is 20.7. The number of benzene rings is 2. The molecule has 2 rings (SSSR count). The summed E-state index contributed by atoms with van der Waals surface area (Å²) in [6.45, 7) is 1.96. The third kappa shape index (κ3) is 5.29. The smallest absolute Gasteiger partial charge is 0.338 e. The largest absolute Gasteiger partial charge is 0.493 e. The number of methoxy groups -OCH3 is 1. The molecule has 28 heavy (non-hydrogen) atoms. The van der Waals surface area contributed by atoms with E-state index in [0.717, 1.165) is 6.42 Å². The van der Waals surface area contributed by atoms with Crippen molar-refractivity contribution in [1.82, 2.24) is 0 Å². The monoisotopic (exact) mass is 451 g/mol. The molecular weight excluding hydrogens is 434 g/mol. The Morgan fingerprint density at radius 2 is 1.82 bits per heavy atom. The van der Waals surface area contributed by atoms with Crippen LogP contribution in [0.3, 0.4) is 0 Å². The first-order valence-electron chi connectivity index (χ1n) is 8.32. The first-order valence-corrected chi connectivity index (χ1v) is 9.11. The Morgan fingerprint density at radius 3 is 2.39 bits per heavy atom. The molecular formula is C19H18BrNO7. The number of hydrogen-bond acceptors (Lipinski definition) is 7. The third-order valence-corrected chi connectivity index (χ3v) is 4.24. The molecule has 0 bridgehead atoms. The minimum Gasteiger partial charge on any atom is -0.493 e. The van der Waals surface area contributed by atoms with E-state index in [2.05, 4.69) is 15.9 Å². The second-order valence-electron chi connectivity index (χ2n) is 5.64. The molecule has 2 aromatic carbocycles. The Bertz CT molecular complexity index is 881. The summed E-state index contributed by atoms with van der Waals surface area (Å²) in [5.41, 5.74) is 0.264. The van der Waals surface area contributed by atoms with Crippen molar-refractivity contribution in [2.45, 2.75) is 13.3 Å². The van der Waals surface area contributed by atoms with Gasteiger partial charge in [-0.2, -0.15) is 0 Å². The molecule has 0 N–H and O–H groups in total. The van der Waals surface area contributed by atoms with E-state index in [-0.39, 0.29) is 16.8 Å². The van der Waals surface area contributed by atoms with Gasteiger partial charge in [-0.1, -0.05) is 6.92 Å². The number of halogens is 1. The normalized spacial score (nSPS) is 10.2. The highest BCUT2D eigenvalue weighted by Crippen LogP contribution is 2.37. The number of rotatable bonds is 9. The van der Waals surface area contributed by atoms with Gasteiger partial charge in [0.1, 0.15) is 0 Å². The first-order chi connectivity index (χ1) is 13.4. The highest BCUT2D eigenvalue weighted by molar-refractivity contribution is 9.10. The van der Waals surface area contributed by atoms with Gasteiger partial charge in [-0.3, -0.25) is 14.9 Å². The number of ether oxygens (including phenoxy) is 3. The van der Waals surface area contributed by atoms with Gasteiger partial charge in [-0.15, -0.1) is 0 Å². The maximum atomic E-state index is 12.3. The summed E-state index contributed by atoms with van der Waals surface area (Å²) in [6.07, 6.45) is 0.810. The van der Waals surface area contributed by atoms with Crippen molar-refractivity contribution < 1.29 is 28.7 Å². The van der Waals surface area contributed by atoms with Crippen molar-refractivity contribution in [3.8, 4) is 11.5 Å². The molecule has 0 heterocycles. The summed E-state index contributed by atoms with van der Waals surface area (Å²) < 4.78 is 16.4. The summed E-state index contributed by atoms with van der Waals surface area (Å²) >= 11 is 3.34. The summed E-state index contributed by atoms with van der Waals surface area (Å²) in [7, 11) is 1.45. The molecule has 9 heteroatoms. The predicted octanol–water partition coefficient (Wildman–Crippen LogP) is 4.19. The van der Waals surface area contributed by atoms with E-state index in [1.54, 1.807) is 0 Å². The molecule has 0 radical (unpaired) electrons. The molecule has 0 fully saturated rings. The number of nitro groups is 1. The Hall–Kier alpha value is -2.94. The summed E-state index contributed by atoms with van der Waals surface area (Å²) in [6, 6.07) is 8.04. The molecule has 8 nitrogen and oxygen atoms in total. The lowest BCUT2D eigenvalue weighted by molar-refractivity contribution is -0.384. The highest BCUT2D eigenvalue weighted by Gasteiger charge is 2.18. The van der Waals surface area contributed by atoms with E-state index in [1.807, 2.05) is 6.92 Å². The minimum atomic E-state index is -0.712. The number of esters is 1. The number of carbonyl (C=O) groups is 2. The quantitative estimate of drug-likeness (QED) is 0.243. The van der Waals surface area contributed by atoms with Crippen molar-refractivity contribution >= 4 is 33.4 Å². The Kier molecular flexibility index (Phi) is 7.51. The number of hydrogen-bond donors (Lipinski definition) is 0. The van der Waals surface area contributed by atoms with E-state index in [1.165, 1.54) is 43.5 Å². The van der Waals surface area contributed by atoms with Crippen LogP contribution in [0.15, 0.2) is 40.9 Å². The Labute approximate surface area is 169 Å². The zero-order valence-electron chi connectivity index (χ0n) is 15.3. The van der Waals surface area contributed by atoms with Crippen LogP contribution in [0, 0.1) is 10.1 Å². The number of nitrogens with zero attached hydrogens (tertiary/aromatic N) is 1. The van der Waals surface area contributed by atoms with Crippen molar-refractivity contribution in [3.63, 3.8) is 0 Å². The van der Waals surface area contributed by atoms with Crippen molar-refractivity contribution in [2.75, 3.05) is 20.3 Å². The van der Waals surface area contributed by atoms with Gasteiger partial charge in [-0.05, 0) is 46.6 Å². The lowest BCUT2D eigenvalue weighted by atomic mass is 10.1. The van der Waals surface area contributed by atoms with Gasteiger partial charge >= 0.3 is 5.97 Å². The van der Waals surface area contributed by atoms with E-state index >= 15 is 0 Å². The van der Waals surface area contributed by atoms with Gasteiger partial charge in [0.2, 0.25) is 0 Å². The average Bonchev–Trinajstić information content (AvgIpc) is 2.70. The van der Waals surface area contributed by atoms with Crippen LogP contribution in [0.4, 0.5) is 5.69 Å². The molecule has 148 valence electrons. The van der Waals surface area contributed by atoms with Gasteiger partial charge in [0.05, 0.1) is 28.7 Å². The van der Waals surface area contributed by atoms with Crippen LogP contribution in [0.2, 0.25) is 0 Å². The van der Waals surface area contributed by atoms with Gasteiger partial charge in [0.25, 0.3) is 5.69 Å². The van der Waals surface area contributed by atoms with Crippen molar-refractivity contribution in [2.24, 2.45) is 0 Å². The molecule has 0 saturated carbocycles. The van der Waals surface area contributed by atoms with E-state index < -0.39 is 23.3 Å². The minimum absolute atomic E-state index is 0.129. The van der Waals surface area contributed by atoms with Crippen molar-refractivity contribution in [1.29, 1.82) is 0 Å². The molecule has 0 saturated heterocycles. The fourth-order valence-corrected chi connectivity index (χ4v) is 2.81. The van der Waals surface area contributed by atoms with Gasteiger partial charge in [-0.25, -0.2) is 4.79 Å². The maximum Gasteiger partial charge on any atom is 0.338 e. The summed E-state index contributed by atoms with van der Waals surface area (Å²) in [5.74, 6) is -0.354. The number of carbonyl (C=O) groups excluding carboxylic acids is 2. The molecule has 2 aromatic rings. The molecule has 0 aliphatic carbocycles. The predicted molar refractivity (Wildman–Crippen MR) is 104 cm³/mol. The number of ketones is 1. The Morgan fingerprint density at radius 1 is 1.14 bits per heavy atom. The van der Waals surface area contributed by atoms with Gasteiger partial charge in [0.15, 0.2) is 23.9 Å². The number of Topliss-reactive ketones (excluding diaryl/α,β-unsaturated/α-hetero) is 1. The average molecular weight is 452 g/mol. The summed E-state index contributed by atoms with van der Waals surface area (Å²) in [4.78, 5) is 34.5. The second kappa shape index (κ2) is 9.84.